The fourth-order valence-electron chi connectivity index (χ4n) is 1.36. The van der Waals surface area contributed by atoms with Crippen LogP contribution in [-0.4, -0.2) is 24.8 Å². The van der Waals surface area contributed by atoms with Crippen LogP contribution in [0.2, 0.25) is 0 Å². The van der Waals surface area contributed by atoms with Crippen LogP contribution >= 0.6 is 15.9 Å². The van der Waals surface area contributed by atoms with Crippen molar-refractivity contribution in [2.45, 2.75) is 31.9 Å². The van der Waals surface area contributed by atoms with E-state index in [1.165, 1.54) is 0 Å². The molecule has 0 aliphatic carbocycles. The Kier molecular flexibility index (Phi) is 3.32. The van der Waals surface area contributed by atoms with Crippen LogP contribution in [0.3, 0.4) is 0 Å². The lowest BCUT2D eigenvalue weighted by Gasteiger charge is -2.28. The molecule has 0 aromatic carbocycles. The number of ether oxygens (including phenoxy) is 1. The summed E-state index contributed by atoms with van der Waals surface area (Å²) in [6, 6.07) is 0. The Labute approximate surface area is 82.5 Å². The Morgan fingerprint density at radius 1 is 1.83 bits per heavy atom. The van der Waals surface area contributed by atoms with Crippen LogP contribution in [0, 0.1) is 0 Å². The standard InChI is InChI=1S/C9H16BrNO/c1-7(10)6-11-9(3)4-5-12-8(9)2/h8,11H,1,4-6H2,2-3H3. The molecule has 70 valence electrons. The van der Waals surface area contributed by atoms with Gasteiger partial charge in [-0.05, 0) is 20.3 Å². The fraction of sp³-hybridized carbons (Fsp3) is 0.778. The van der Waals surface area contributed by atoms with E-state index in [1.54, 1.807) is 0 Å². The lowest BCUT2D eigenvalue weighted by molar-refractivity contribution is 0.0900. The molecule has 0 radical (unpaired) electrons. The molecule has 12 heavy (non-hydrogen) atoms. The molecule has 0 aromatic heterocycles. The molecule has 0 aromatic rings. The molecule has 0 amide bonds. The maximum absolute atomic E-state index is 5.49. The minimum Gasteiger partial charge on any atom is -0.377 e. The lowest BCUT2D eigenvalue weighted by Crippen LogP contribution is -2.48. The van der Waals surface area contributed by atoms with E-state index in [0.29, 0.717) is 6.10 Å². The van der Waals surface area contributed by atoms with Gasteiger partial charge in [0.05, 0.1) is 6.10 Å². The average Bonchev–Trinajstić information content (AvgIpc) is 2.30. The number of halogens is 1. The van der Waals surface area contributed by atoms with Gasteiger partial charge >= 0.3 is 0 Å². The first-order valence-corrected chi connectivity index (χ1v) is 5.04. The highest BCUT2D eigenvalue weighted by Gasteiger charge is 2.36. The van der Waals surface area contributed by atoms with Crippen molar-refractivity contribution in [2.24, 2.45) is 0 Å². The molecular formula is C9H16BrNO. The van der Waals surface area contributed by atoms with Crippen LogP contribution in [0.5, 0.6) is 0 Å². The molecule has 1 aliphatic rings. The molecule has 1 N–H and O–H groups in total. The van der Waals surface area contributed by atoms with Gasteiger partial charge in [0.1, 0.15) is 0 Å². The fourth-order valence-corrected chi connectivity index (χ4v) is 1.51. The molecule has 1 saturated heterocycles. The molecule has 3 heteroatoms. The van der Waals surface area contributed by atoms with E-state index in [2.05, 4.69) is 41.7 Å². The zero-order valence-electron chi connectivity index (χ0n) is 7.69. The van der Waals surface area contributed by atoms with E-state index in [0.717, 1.165) is 24.1 Å². The largest absolute Gasteiger partial charge is 0.377 e. The highest BCUT2D eigenvalue weighted by Crippen LogP contribution is 2.25. The minimum absolute atomic E-state index is 0.122. The van der Waals surface area contributed by atoms with E-state index >= 15 is 0 Å². The Balaban J connectivity index is 2.42. The smallest absolute Gasteiger partial charge is 0.0726 e. The molecule has 1 rings (SSSR count). The van der Waals surface area contributed by atoms with Crippen molar-refractivity contribution >= 4 is 15.9 Å². The third-order valence-electron chi connectivity index (χ3n) is 2.57. The van der Waals surface area contributed by atoms with Crippen molar-refractivity contribution < 1.29 is 4.74 Å². The zero-order valence-corrected chi connectivity index (χ0v) is 9.28. The quantitative estimate of drug-likeness (QED) is 0.806. The molecule has 1 fully saturated rings. The van der Waals surface area contributed by atoms with E-state index < -0.39 is 0 Å². The van der Waals surface area contributed by atoms with Crippen molar-refractivity contribution in [1.82, 2.24) is 5.32 Å². The third-order valence-corrected chi connectivity index (χ3v) is 2.85. The molecule has 2 nitrogen and oxygen atoms in total. The van der Waals surface area contributed by atoms with Crippen LogP contribution in [0.4, 0.5) is 0 Å². The SMILES string of the molecule is C=C(Br)CNC1(C)CCOC1C. The van der Waals surface area contributed by atoms with Gasteiger partial charge in [-0.1, -0.05) is 22.5 Å². The second-order valence-electron chi connectivity index (χ2n) is 3.55. The topological polar surface area (TPSA) is 21.3 Å². The van der Waals surface area contributed by atoms with Gasteiger partial charge in [-0.15, -0.1) is 0 Å². The van der Waals surface area contributed by atoms with E-state index in [-0.39, 0.29) is 5.54 Å². The normalized spacial score (nSPS) is 35.4. The van der Waals surface area contributed by atoms with E-state index in [1.807, 2.05) is 0 Å². The van der Waals surface area contributed by atoms with E-state index in [4.69, 9.17) is 4.74 Å². The molecule has 1 aliphatic heterocycles. The van der Waals surface area contributed by atoms with Gasteiger partial charge in [-0.3, -0.25) is 0 Å². The molecule has 1 heterocycles. The molecule has 0 saturated carbocycles. The highest BCUT2D eigenvalue weighted by atomic mass is 79.9. The van der Waals surface area contributed by atoms with Gasteiger partial charge < -0.3 is 10.1 Å². The van der Waals surface area contributed by atoms with Crippen LogP contribution in [-0.2, 0) is 4.74 Å². The van der Waals surface area contributed by atoms with Crippen molar-refractivity contribution in [3.63, 3.8) is 0 Å². The first-order chi connectivity index (χ1) is 5.54. The second-order valence-corrected chi connectivity index (χ2v) is 4.67. The summed E-state index contributed by atoms with van der Waals surface area (Å²) in [5.41, 5.74) is 0.122. The van der Waals surface area contributed by atoms with Crippen molar-refractivity contribution in [2.75, 3.05) is 13.2 Å². The van der Waals surface area contributed by atoms with E-state index in [9.17, 15) is 0 Å². The summed E-state index contributed by atoms with van der Waals surface area (Å²) in [6.45, 7) is 9.76. The maximum atomic E-state index is 5.49. The average molecular weight is 234 g/mol. The molecule has 0 bridgehead atoms. The van der Waals surface area contributed by atoms with Crippen molar-refractivity contribution in [1.29, 1.82) is 0 Å². The molecular weight excluding hydrogens is 218 g/mol. The Morgan fingerprint density at radius 3 is 2.92 bits per heavy atom. The summed E-state index contributed by atoms with van der Waals surface area (Å²) in [7, 11) is 0. The van der Waals surface area contributed by atoms with Crippen molar-refractivity contribution in [3.8, 4) is 0 Å². The lowest BCUT2D eigenvalue weighted by atomic mass is 9.95. The minimum atomic E-state index is 0.122. The number of hydrogen-bond acceptors (Lipinski definition) is 2. The Bertz CT molecular complexity index is 183. The summed E-state index contributed by atoms with van der Waals surface area (Å²) in [5, 5.41) is 3.44. The molecule has 2 unspecified atom stereocenters. The zero-order chi connectivity index (χ0) is 9.19. The van der Waals surface area contributed by atoms with Crippen LogP contribution in [0.1, 0.15) is 20.3 Å². The van der Waals surface area contributed by atoms with Gasteiger partial charge in [0.15, 0.2) is 0 Å². The predicted octanol–water partition coefficient (Wildman–Crippen LogP) is 2.05. The third kappa shape index (κ3) is 2.31. The number of nitrogens with one attached hydrogen (secondary N) is 1. The first kappa shape index (κ1) is 10.2. The number of hydrogen-bond donors (Lipinski definition) is 1. The van der Waals surface area contributed by atoms with Crippen molar-refractivity contribution in [3.05, 3.63) is 11.1 Å². The summed E-state index contributed by atoms with van der Waals surface area (Å²) >= 11 is 3.33. The predicted molar refractivity (Wildman–Crippen MR) is 54.5 cm³/mol. The molecule has 2 atom stereocenters. The first-order valence-electron chi connectivity index (χ1n) is 4.24. The monoisotopic (exact) mass is 233 g/mol. The van der Waals surface area contributed by atoms with Gasteiger partial charge in [-0.25, -0.2) is 0 Å². The van der Waals surface area contributed by atoms with Crippen LogP contribution in [0.15, 0.2) is 11.1 Å². The van der Waals surface area contributed by atoms with Gasteiger partial charge in [0.2, 0.25) is 0 Å². The Morgan fingerprint density at radius 2 is 2.50 bits per heavy atom. The number of rotatable bonds is 3. The summed E-state index contributed by atoms with van der Waals surface area (Å²) in [6.07, 6.45) is 1.37. The van der Waals surface area contributed by atoms with Gasteiger partial charge in [-0.2, -0.15) is 0 Å². The second kappa shape index (κ2) is 3.90. The van der Waals surface area contributed by atoms with Crippen LogP contribution in [0.25, 0.3) is 0 Å². The van der Waals surface area contributed by atoms with Crippen LogP contribution < -0.4 is 5.32 Å². The summed E-state index contributed by atoms with van der Waals surface area (Å²) < 4.78 is 6.48. The molecule has 0 spiro atoms. The van der Waals surface area contributed by atoms with Gasteiger partial charge in [0.25, 0.3) is 0 Å². The maximum Gasteiger partial charge on any atom is 0.0726 e. The summed E-state index contributed by atoms with van der Waals surface area (Å²) in [5.74, 6) is 0. The van der Waals surface area contributed by atoms with Gasteiger partial charge in [0, 0.05) is 23.2 Å². The highest BCUT2D eigenvalue weighted by molar-refractivity contribution is 9.11. The summed E-state index contributed by atoms with van der Waals surface area (Å²) in [4.78, 5) is 0. The Hall–Kier alpha value is 0.140.